The third kappa shape index (κ3) is 1.95. The molecule has 1 aromatic heterocycles. The molecule has 0 radical (unpaired) electrons. The standard InChI is InChI=1S/C8H12BrN3/c1-12(2)7-3-6(4-10)8(9)11-5-7/h3,5H,4,10H2,1-2H3. The molecule has 12 heavy (non-hydrogen) atoms. The molecule has 0 aromatic carbocycles. The normalized spacial score (nSPS) is 10.0. The summed E-state index contributed by atoms with van der Waals surface area (Å²) in [5, 5.41) is 0. The molecule has 1 heterocycles. The van der Waals surface area contributed by atoms with Gasteiger partial charge < -0.3 is 10.6 Å². The fourth-order valence-electron chi connectivity index (χ4n) is 0.869. The molecule has 0 spiro atoms. The van der Waals surface area contributed by atoms with Crippen molar-refractivity contribution in [3.05, 3.63) is 22.4 Å². The summed E-state index contributed by atoms with van der Waals surface area (Å²) >= 11 is 3.33. The van der Waals surface area contributed by atoms with E-state index in [1.54, 1.807) is 0 Å². The van der Waals surface area contributed by atoms with Gasteiger partial charge in [-0.15, -0.1) is 0 Å². The maximum Gasteiger partial charge on any atom is 0.110 e. The SMILES string of the molecule is CN(C)c1cnc(Br)c(CN)c1. The lowest BCUT2D eigenvalue weighted by molar-refractivity contribution is 1.01. The fourth-order valence-corrected chi connectivity index (χ4v) is 1.25. The monoisotopic (exact) mass is 229 g/mol. The fraction of sp³-hybridized carbons (Fsp3) is 0.375. The van der Waals surface area contributed by atoms with Gasteiger partial charge in [0.25, 0.3) is 0 Å². The zero-order valence-corrected chi connectivity index (χ0v) is 8.80. The third-order valence-electron chi connectivity index (χ3n) is 1.63. The number of rotatable bonds is 2. The van der Waals surface area contributed by atoms with E-state index < -0.39 is 0 Å². The zero-order valence-electron chi connectivity index (χ0n) is 7.21. The second kappa shape index (κ2) is 3.87. The Balaban J connectivity index is 3.05. The molecule has 1 rings (SSSR count). The number of pyridine rings is 1. The molecular formula is C8H12BrN3. The van der Waals surface area contributed by atoms with Gasteiger partial charge in [-0.3, -0.25) is 0 Å². The predicted octanol–water partition coefficient (Wildman–Crippen LogP) is 1.37. The van der Waals surface area contributed by atoms with Crippen LogP contribution in [0.25, 0.3) is 0 Å². The van der Waals surface area contributed by atoms with Crippen molar-refractivity contribution in [3.63, 3.8) is 0 Å². The largest absolute Gasteiger partial charge is 0.376 e. The molecule has 0 atom stereocenters. The van der Waals surface area contributed by atoms with Crippen molar-refractivity contribution in [1.29, 1.82) is 0 Å². The van der Waals surface area contributed by atoms with Crippen LogP contribution in [0, 0.1) is 0 Å². The van der Waals surface area contributed by atoms with Gasteiger partial charge in [-0.1, -0.05) is 0 Å². The molecule has 0 aliphatic carbocycles. The molecule has 0 saturated carbocycles. The molecule has 3 nitrogen and oxygen atoms in total. The van der Waals surface area contributed by atoms with E-state index in [-0.39, 0.29) is 0 Å². The Bertz CT molecular complexity index is 273. The van der Waals surface area contributed by atoms with Gasteiger partial charge in [-0.05, 0) is 22.0 Å². The van der Waals surface area contributed by atoms with E-state index in [2.05, 4.69) is 20.9 Å². The van der Waals surface area contributed by atoms with E-state index in [4.69, 9.17) is 5.73 Å². The Hall–Kier alpha value is -0.610. The average molecular weight is 230 g/mol. The number of aromatic nitrogens is 1. The van der Waals surface area contributed by atoms with Crippen molar-refractivity contribution in [3.8, 4) is 0 Å². The van der Waals surface area contributed by atoms with Gasteiger partial charge in [0, 0.05) is 26.2 Å². The molecule has 0 aliphatic rings. The van der Waals surface area contributed by atoms with E-state index >= 15 is 0 Å². The van der Waals surface area contributed by atoms with E-state index in [1.165, 1.54) is 0 Å². The summed E-state index contributed by atoms with van der Waals surface area (Å²) in [7, 11) is 3.95. The molecule has 66 valence electrons. The summed E-state index contributed by atoms with van der Waals surface area (Å²) in [6.45, 7) is 0.509. The lowest BCUT2D eigenvalue weighted by Crippen LogP contribution is -2.10. The summed E-state index contributed by atoms with van der Waals surface area (Å²) in [6.07, 6.45) is 1.81. The maximum absolute atomic E-state index is 5.53. The highest BCUT2D eigenvalue weighted by Gasteiger charge is 2.01. The van der Waals surface area contributed by atoms with Crippen LogP contribution >= 0.6 is 15.9 Å². The van der Waals surface area contributed by atoms with Crippen LogP contribution in [0.1, 0.15) is 5.56 Å². The topological polar surface area (TPSA) is 42.2 Å². The van der Waals surface area contributed by atoms with Gasteiger partial charge in [0.15, 0.2) is 0 Å². The van der Waals surface area contributed by atoms with Crippen molar-refractivity contribution in [1.82, 2.24) is 4.98 Å². The van der Waals surface area contributed by atoms with Crippen molar-refractivity contribution in [2.75, 3.05) is 19.0 Å². The van der Waals surface area contributed by atoms with Gasteiger partial charge >= 0.3 is 0 Å². The average Bonchev–Trinajstić information content (AvgIpc) is 2.05. The van der Waals surface area contributed by atoms with E-state index in [9.17, 15) is 0 Å². The number of nitrogens with zero attached hydrogens (tertiary/aromatic N) is 2. The second-order valence-corrected chi connectivity index (χ2v) is 3.49. The summed E-state index contributed by atoms with van der Waals surface area (Å²) in [6, 6.07) is 2.02. The summed E-state index contributed by atoms with van der Waals surface area (Å²) in [4.78, 5) is 6.16. The van der Waals surface area contributed by atoms with Crippen LogP contribution in [0.3, 0.4) is 0 Å². The van der Waals surface area contributed by atoms with Crippen molar-refractivity contribution in [2.45, 2.75) is 6.54 Å². The summed E-state index contributed by atoms with van der Waals surface area (Å²) < 4.78 is 0.829. The molecule has 0 fully saturated rings. The van der Waals surface area contributed by atoms with Crippen LogP contribution in [0.15, 0.2) is 16.9 Å². The minimum Gasteiger partial charge on any atom is -0.376 e. The first-order valence-corrected chi connectivity index (χ1v) is 4.46. The quantitative estimate of drug-likeness (QED) is 0.780. The van der Waals surface area contributed by atoms with Gasteiger partial charge in [-0.2, -0.15) is 0 Å². The first-order chi connectivity index (χ1) is 5.65. The smallest absolute Gasteiger partial charge is 0.110 e. The number of hydrogen-bond acceptors (Lipinski definition) is 3. The molecule has 0 bridgehead atoms. The van der Waals surface area contributed by atoms with Crippen LogP contribution in [-0.2, 0) is 6.54 Å². The van der Waals surface area contributed by atoms with Gasteiger partial charge in [0.05, 0.1) is 11.9 Å². The van der Waals surface area contributed by atoms with Gasteiger partial charge in [-0.25, -0.2) is 4.98 Å². The van der Waals surface area contributed by atoms with E-state index in [0.717, 1.165) is 15.9 Å². The molecule has 0 unspecified atom stereocenters. The van der Waals surface area contributed by atoms with E-state index in [0.29, 0.717) is 6.54 Å². The Labute approximate surface area is 80.7 Å². The number of anilines is 1. The van der Waals surface area contributed by atoms with Crippen LogP contribution < -0.4 is 10.6 Å². The molecule has 1 aromatic rings. The molecular weight excluding hydrogens is 218 g/mol. The van der Waals surface area contributed by atoms with Crippen molar-refractivity contribution in [2.24, 2.45) is 5.73 Å². The van der Waals surface area contributed by atoms with Crippen LogP contribution in [-0.4, -0.2) is 19.1 Å². The summed E-state index contributed by atoms with van der Waals surface area (Å²) in [5.74, 6) is 0. The first-order valence-electron chi connectivity index (χ1n) is 3.67. The Morgan fingerprint density at radius 3 is 2.75 bits per heavy atom. The second-order valence-electron chi connectivity index (χ2n) is 2.74. The van der Waals surface area contributed by atoms with Gasteiger partial charge in [0.2, 0.25) is 0 Å². The Morgan fingerprint density at radius 1 is 1.58 bits per heavy atom. The number of hydrogen-bond donors (Lipinski definition) is 1. The molecule has 2 N–H and O–H groups in total. The van der Waals surface area contributed by atoms with Crippen molar-refractivity contribution < 1.29 is 0 Å². The third-order valence-corrected chi connectivity index (χ3v) is 2.35. The number of halogens is 1. The zero-order chi connectivity index (χ0) is 9.14. The van der Waals surface area contributed by atoms with E-state index in [1.807, 2.05) is 31.3 Å². The Morgan fingerprint density at radius 2 is 2.25 bits per heavy atom. The lowest BCUT2D eigenvalue weighted by atomic mass is 10.2. The molecule has 0 saturated heterocycles. The van der Waals surface area contributed by atoms with Crippen molar-refractivity contribution >= 4 is 21.6 Å². The Kier molecular flexibility index (Phi) is 3.05. The summed E-state index contributed by atoms with van der Waals surface area (Å²) in [5.41, 5.74) is 7.63. The van der Waals surface area contributed by atoms with Gasteiger partial charge in [0.1, 0.15) is 4.60 Å². The highest BCUT2D eigenvalue weighted by Crippen LogP contribution is 2.18. The number of nitrogens with two attached hydrogens (primary N) is 1. The van der Waals surface area contributed by atoms with Crippen LogP contribution in [0.4, 0.5) is 5.69 Å². The highest BCUT2D eigenvalue weighted by molar-refractivity contribution is 9.10. The lowest BCUT2D eigenvalue weighted by Gasteiger charge is -2.13. The van der Waals surface area contributed by atoms with Crippen LogP contribution in [0.5, 0.6) is 0 Å². The van der Waals surface area contributed by atoms with Crippen LogP contribution in [0.2, 0.25) is 0 Å². The molecule has 0 aliphatic heterocycles. The minimum atomic E-state index is 0.509. The molecule has 0 amide bonds. The predicted molar refractivity (Wildman–Crippen MR) is 54.2 cm³/mol. The maximum atomic E-state index is 5.53. The first kappa shape index (κ1) is 9.48. The highest BCUT2D eigenvalue weighted by atomic mass is 79.9. The minimum absolute atomic E-state index is 0.509. The molecule has 4 heteroatoms.